The van der Waals surface area contributed by atoms with Crippen molar-refractivity contribution in [1.29, 1.82) is 0 Å². The third kappa shape index (κ3) is 4.35. The Morgan fingerprint density at radius 1 is 0.938 bits per heavy atom. The first-order valence-electron chi connectivity index (χ1n) is 10.9. The molecule has 0 bridgehead atoms. The summed E-state index contributed by atoms with van der Waals surface area (Å²) < 4.78 is 5.80. The van der Waals surface area contributed by atoms with Gasteiger partial charge in [-0.1, -0.05) is 73.7 Å². The molecule has 4 nitrogen and oxygen atoms in total. The van der Waals surface area contributed by atoms with E-state index in [1.807, 2.05) is 80.6 Å². The highest BCUT2D eigenvalue weighted by Gasteiger charge is 2.28. The van der Waals surface area contributed by atoms with Gasteiger partial charge in [0.2, 0.25) is 5.78 Å². The summed E-state index contributed by atoms with van der Waals surface area (Å²) in [5.74, 6) is -0.659. The number of ketones is 1. The summed E-state index contributed by atoms with van der Waals surface area (Å²) in [6, 6.07) is 21.0. The number of H-pyrrole nitrogens is 1. The zero-order valence-corrected chi connectivity index (χ0v) is 18.6. The maximum absolute atomic E-state index is 13.6. The Labute approximate surface area is 188 Å². The summed E-state index contributed by atoms with van der Waals surface area (Å²) in [7, 11) is 0. The molecule has 3 aromatic carbocycles. The van der Waals surface area contributed by atoms with Gasteiger partial charge in [0.15, 0.2) is 6.10 Å². The molecule has 0 amide bonds. The van der Waals surface area contributed by atoms with E-state index in [0.29, 0.717) is 11.1 Å². The number of carbonyl (C=O) groups is 2. The number of carbonyl (C=O) groups excluding carboxylic acids is 2. The molecular weight excluding hydrogens is 398 g/mol. The molecule has 32 heavy (non-hydrogen) atoms. The van der Waals surface area contributed by atoms with Crippen LogP contribution >= 0.6 is 0 Å². The topological polar surface area (TPSA) is 59.2 Å². The summed E-state index contributed by atoms with van der Waals surface area (Å²) in [6.45, 7) is 6.13. The van der Waals surface area contributed by atoms with Crippen molar-refractivity contribution in [3.8, 4) is 0 Å². The fraction of sp³-hybridized carbons (Fsp3) is 0.214. The molecule has 1 atom stereocenters. The SMILES string of the molecule is CCc1cccc2c(C(=O)[C@@H](OC(=O)Cc3ccc(C)c(C)c3)c3ccccc3)c[nH]c12. The number of hydrogen-bond donors (Lipinski definition) is 1. The Bertz CT molecular complexity index is 1270. The molecule has 1 aromatic heterocycles. The van der Waals surface area contributed by atoms with Crippen molar-refractivity contribution in [2.75, 3.05) is 0 Å². The summed E-state index contributed by atoms with van der Waals surface area (Å²) >= 11 is 0. The van der Waals surface area contributed by atoms with Crippen molar-refractivity contribution in [3.63, 3.8) is 0 Å². The van der Waals surface area contributed by atoms with Crippen LogP contribution in [0.3, 0.4) is 0 Å². The van der Waals surface area contributed by atoms with E-state index >= 15 is 0 Å². The van der Waals surface area contributed by atoms with E-state index in [4.69, 9.17) is 4.74 Å². The largest absolute Gasteiger partial charge is 0.449 e. The quantitative estimate of drug-likeness (QED) is 0.289. The number of aromatic nitrogens is 1. The molecule has 0 aliphatic heterocycles. The zero-order chi connectivity index (χ0) is 22.7. The monoisotopic (exact) mass is 425 g/mol. The Hall–Kier alpha value is -3.66. The molecule has 0 unspecified atom stereocenters. The van der Waals surface area contributed by atoms with Crippen molar-refractivity contribution in [2.24, 2.45) is 0 Å². The second-order valence-electron chi connectivity index (χ2n) is 8.14. The van der Waals surface area contributed by atoms with Crippen molar-refractivity contribution in [2.45, 2.75) is 39.7 Å². The Kier molecular flexibility index (Phi) is 6.22. The Morgan fingerprint density at radius 3 is 2.44 bits per heavy atom. The van der Waals surface area contributed by atoms with Crippen LogP contribution in [0.1, 0.15) is 51.2 Å². The van der Waals surface area contributed by atoms with Crippen LogP contribution in [-0.4, -0.2) is 16.7 Å². The van der Waals surface area contributed by atoms with E-state index in [9.17, 15) is 9.59 Å². The van der Waals surface area contributed by atoms with Crippen LogP contribution in [0.4, 0.5) is 0 Å². The lowest BCUT2D eigenvalue weighted by atomic mass is 9.98. The predicted molar refractivity (Wildman–Crippen MR) is 127 cm³/mol. The Morgan fingerprint density at radius 2 is 1.72 bits per heavy atom. The summed E-state index contributed by atoms with van der Waals surface area (Å²) in [5, 5.41) is 0.848. The number of Topliss-reactive ketones (excluding diaryl/α,β-unsaturated/α-hetero) is 1. The highest BCUT2D eigenvalue weighted by Crippen LogP contribution is 2.29. The molecule has 1 N–H and O–H groups in total. The number of fused-ring (bicyclic) bond motifs is 1. The standard InChI is InChI=1S/C28H27NO3/c1-4-21-11-8-12-23-24(17-29-26(21)23)27(31)28(22-9-6-5-7-10-22)32-25(30)16-20-14-13-18(2)19(3)15-20/h5-15,17,28-29H,4,16H2,1-3H3/t28-/m0/s1. The first-order valence-corrected chi connectivity index (χ1v) is 10.9. The predicted octanol–water partition coefficient (Wildman–Crippen LogP) is 6.06. The lowest BCUT2D eigenvalue weighted by Crippen LogP contribution is -2.21. The fourth-order valence-corrected chi connectivity index (χ4v) is 4.01. The van der Waals surface area contributed by atoms with Crippen LogP contribution in [0.2, 0.25) is 0 Å². The molecule has 0 fully saturated rings. The molecule has 0 aliphatic carbocycles. The van der Waals surface area contributed by atoms with Crippen LogP contribution in [0.5, 0.6) is 0 Å². The molecule has 1 heterocycles. The lowest BCUT2D eigenvalue weighted by molar-refractivity contribution is -0.146. The summed E-state index contributed by atoms with van der Waals surface area (Å²) in [4.78, 5) is 29.7. The minimum Gasteiger partial charge on any atom is -0.449 e. The number of ether oxygens (including phenoxy) is 1. The van der Waals surface area contributed by atoms with Gasteiger partial charge in [-0.15, -0.1) is 0 Å². The fourth-order valence-electron chi connectivity index (χ4n) is 4.01. The third-order valence-electron chi connectivity index (χ3n) is 5.96. The summed E-state index contributed by atoms with van der Waals surface area (Å²) in [5.41, 5.74) is 6.45. The van der Waals surface area contributed by atoms with Crippen LogP contribution in [0.25, 0.3) is 10.9 Å². The lowest BCUT2D eigenvalue weighted by Gasteiger charge is -2.17. The van der Waals surface area contributed by atoms with Crippen molar-refractivity contribution >= 4 is 22.7 Å². The Balaban J connectivity index is 1.65. The maximum atomic E-state index is 13.6. The van der Waals surface area contributed by atoms with Gasteiger partial charge in [-0.2, -0.15) is 0 Å². The molecule has 0 aliphatic rings. The third-order valence-corrected chi connectivity index (χ3v) is 5.96. The number of rotatable bonds is 7. The van der Waals surface area contributed by atoms with Gasteiger partial charge in [-0.25, -0.2) is 0 Å². The molecule has 0 spiro atoms. The molecule has 4 heteroatoms. The molecule has 0 saturated heterocycles. The molecule has 4 aromatic rings. The number of para-hydroxylation sites is 1. The van der Waals surface area contributed by atoms with Crippen molar-refractivity contribution in [3.05, 3.63) is 106 Å². The van der Waals surface area contributed by atoms with Gasteiger partial charge in [-0.05, 0) is 42.5 Å². The highest BCUT2D eigenvalue weighted by molar-refractivity contribution is 6.11. The van der Waals surface area contributed by atoms with E-state index in [2.05, 4.69) is 11.9 Å². The van der Waals surface area contributed by atoms with Crippen LogP contribution in [0, 0.1) is 13.8 Å². The molecule has 0 saturated carbocycles. The minimum absolute atomic E-state index is 0.117. The number of aryl methyl sites for hydroxylation is 3. The second-order valence-corrected chi connectivity index (χ2v) is 8.14. The second kappa shape index (κ2) is 9.23. The molecule has 162 valence electrons. The minimum atomic E-state index is -1.00. The summed E-state index contributed by atoms with van der Waals surface area (Å²) in [6.07, 6.45) is 1.70. The van der Waals surface area contributed by atoms with Gasteiger partial charge >= 0.3 is 5.97 Å². The average molecular weight is 426 g/mol. The number of hydrogen-bond acceptors (Lipinski definition) is 3. The number of aromatic amines is 1. The smallest absolute Gasteiger partial charge is 0.311 e. The number of esters is 1. The van der Waals surface area contributed by atoms with E-state index in [-0.39, 0.29) is 12.2 Å². The van der Waals surface area contributed by atoms with Gasteiger partial charge < -0.3 is 9.72 Å². The van der Waals surface area contributed by atoms with E-state index < -0.39 is 12.1 Å². The maximum Gasteiger partial charge on any atom is 0.311 e. The van der Waals surface area contributed by atoms with Crippen molar-refractivity contribution < 1.29 is 14.3 Å². The highest BCUT2D eigenvalue weighted by atomic mass is 16.5. The molecule has 4 rings (SSSR count). The van der Waals surface area contributed by atoms with Crippen LogP contribution in [-0.2, 0) is 22.4 Å². The number of benzene rings is 3. The van der Waals surface area contributed by atoms with Gasteiger partial charge in [0.05, 0.1) is 6.42 Å². The van der Waals surface area contributed by atoms with E-state index in [0.717, 1.165) is 34.0 Å². The van der Waals surface area contributed by atoms with Gasteiger partial charge in [0, 0.05) is 28.2 Å². The van der Waals surface area contributed by atoms with Gasteiger partial charge in [0.1, 0.15) is 0 Å². The van der Waals surface area contributed by atoms with Crippen LogP contribution < -0.4 is 0 Å². The average Bonchev–Trinajstić information content (AvgIpc) is 3.24. The normalized spacial score (nSPS) is 12.0. The van der Waals surface area contributed by atoms with Gasteiger partial charge in [0.25, 0.3) is 0 Å². The number of nitrogens with one attached hydrogen (secondary N) is 1. The molecular formula is C28H27NO3. The van der Waals surface area contributed by atoms with Gasteiger partial charge in [-0.3, -0.25) is 9.59 Å². The van der Waals surface area contributed by atoms with Crippen LogP contribution in [0.15, 0.2) is 72.9 Å². The van der Waals surface area contributed by atoms with E-state index in [1.165, 1.54) is 5.56 Å². The molecule has 0 radical (unpaired) electrons. The first kappa shape index (κ1) is 21.6. The van der Waals surface area contributed by atoms with Crippen molar-refractivity contribution in [1.82, 2.24) is 4.98 Å². The first-order chi connectivity index (χ1) is 15.5. The zero-order valence-electron chi connectivity index (χ0n) is 18.6. The van der Waals surface area contributed by atoms with E-state index in [1.54, 1.807) is 6.20 Å².